The highest BCUT2D eigenvalue weighted by atomic mass is 79.9. The van der Waals surface area contributed by atoms with E-state index in [-0.39, 0.29) is 0 Å². The van der Waals surface area contributed by atoms with E-state index < -0.39 is 6.10 Å². The van der Waals surface area contributed by atoms with E-state index in [1.165, 1.54) is 0 Å². The minimum absolute atomic E-state index is 0.443. The Balaban J connectivity index is 3.19. The molecule has 1 unspecified atom stereocenters. The average Bonchev–Trinajstić information content (AvgIpc) is 2.30. The summed E-state index contributed by atoms with van der Waals surface area (Å²) in [5, 5.41) is 10.3. The maximum absolute atomic E-state index is 10.3. The summed E-state index contributed by atoms with van der Waals surface area (Å²) < 4.78 is 6.46. The number of benzene rings is 1. The third-order valence-corrected chi connectivity index (χ3v) is 3.90. The summed E-state index contributed by atoms with van der Waals surface area (Å²) in [7, 11) is 1.66. The standard InChI is InChI=1S/C14H21BrO2/c1-5-6-7-12(16)13-10(3)11(15)8-9(2)14(13)17-4/h8,12,16H,5-7H2,1-4H3. The minimum Gasteiger partial charge on any atom is -0.496 e. The number of halogens is 1. The fourth-order valence-corrected chi connectivity index (χ4v) is 2.65. The first kappa shape index (κ1) is 14.5. The van der Waals surface area contributed by atoms with Crippen molar-refractivity contribution in [3.63, 3.8) is 0 Å². The van der Waals surface area contributed by atoms with Crippen LogP contribution in [0.4, 0.5) is 0 Å². The molecule has 0 spiro atoms. The maximum atomic E-state index is 10.3. The smallest absolute Gasteiger partial charge is 0.127 e. The van der Waals surface area contributed by atoms with Gasteiger partial charge in [-0.2, -0.15) is 0 Å². The van der Waals surface area contributed by atoms with Crippen molar-refractivity contribution in [2.75, 3.05) is 7.11 Å². The quantitative estimate of drug-likeness (QED) is 0.878. The van der Waals surface area contributed by atoms with Crippen molar-refractivity contribution >= 4 is 15.9 Å². The van der Waals surface area contributed by atoms with Gasteiger partial charge in [-0.15, -0.1) is 0 Å². The van der Waals surface area contributed by atoms with Gasteiger partial charge in [-0.25, -0.2) is 0 Å². The minimum atomic E-state index is -0.443. The van der Waals surface area contributed by atoms with Crippen LogP contribution < -0.4 is 4.74 Å². The van der Waals surface area contributed by atoms with Gasteiger partial charge in [0, 0.05) is 10.0 Å². The molecule has 0 aliphatic heterocycles. The first-order valence-corrected chi connectivity index (χ1v) is 6.83. The van der Waals surface area contributed by atoms with Crippen LogP contribution in [-0.2, 0) is 0 Å². The molecule has 0 bridgehead atoms. The van der Waals surface area contributed by atoms with E-state index in [0.717, 1.165) is 46.2 Å². The van der Waals surface area contributed by atoms with E-state index in [1.807, 2.05) is 19.9 Å². The van der Waals surface area contributed by atoms with E-state index in [1.54, 1.807) is 7.11 Å². The van der Waals surface area contributed by atoms with Crippen molar-refractivity contribution < 1.29 is 9.84 Å². The van der Waals surface area contributed by atoms with E-state index in [9.17, 15) is 5.11 Å². The number of rotatable bonds is 5. The fourth-order valence-electron chi connectivity index (χ4n) is 2.09. The first-order valence-electron chi connectivity index (χ1n) is 6.04. The van der Waals surface area contributed by atoms with Gasteiger partial charge in [-0.05, 0) is 37.5 Å². The Morgan fingerprint density at radius 1 is 1.41 bits per heavy atom. The maximum Gasteiger partial charge on any atom is 0.127 e. The van der Waals surface area contributed by atoms with Crippen LogP contribution in [0, 0.1) is 13.8 Å². The molecule has 1 aromatic carbocycles. The van der Waals surface area contributed by atoms with Gasteiger partial charge in [0.1, 0.15) is 5.75 Å². The summed E-state index contributed by atoms with van der Waals surface area (Å²) in [6.07, 6.45) is 2.45. The van der Waals surface area contributed by atoms with E-state index in [2.05, 4.69) is 22.9 Å². The number of ether oxygens (including phenoxy) is 1. The van der Waals surface area contributed by atoms with Crippen molar-refractivity contribution in [1.29, 1.82) is 0 Å². The molecule has 1 aromatic rings. The molecule has 1 atom stereocenters. The number of methoxy groups -OCH3 is 1. The van der Waals surface area contributed by atoms with Crippen LogP contribution in [0.3, 0.4) is 0 Å². The van der Waals surface area contributed by atoms with Gasteiger partial charge in [-0.3, -0.25) is 0 Å². The third kappa shape index (κ3) is 3.23. The Kier molecular flexibility index (Phi) is 5.47. The predicted octanol–water partition coefficient (Wildman–Crippen LogP) is 4.30. The monoisotopic (exact) mass is 300 g/mol. The molecule has 0 aliphatic rings. The lowest BCUT2D eigenvalue weighted by molar-refractivity contribution is 0.159. The molecule has 0 fully saturated rings. The summed E-state index contributed by atoms with van der Waals surface area (Å²) in [6, 6.07) is 2.03. The highest BCUT2D eigenvalue weighted by Crippen LogP contribution is 2.37. The molecule has 0 radical (unpaired) electrons. The lowest BCUT2D eigenvalue weighted by Gasteiger charge is -2.20. The van der Waals surface area contributed by atoms with Crippen molar-refractivity contribution in [2.24, 2.45) is 0 Å². The highest BCUT2D eigenvalue weighted by Gasteiger charge is 2.19. The topological polar surface area (TPSA) is 29.5 Å². The van der Waals surface area contributed by atoms with Crippen molar-refractivity contribution in [3.05, 3.63) is 27.2 Å². The zero-order valence-electron chi connectivity index (χ0n) is 11.0. The molecule has 0 heterocycles. The van der Waals surface area contributed by atoms with Gasteiger partial charge in [0.25, 0.3) is 0 Å². The van der Waals surface area contributed by atoms with Gasteiger partial charge >= 0.3 is 0 Å². The molecular weight excluding hydrogens is 280 g/mol. The summed E-state index contributed by atoms with van der Waals surface area (Å²) in [5.41, 5.74) is 3.04. The summed E-state index contributed by atoms with van der Waals surface area (Å²) in [6.45, 7) is 6.14. The van der Waals surface area contributed by atoms with Crippen LogP contribution in [0.2, 0.25) is 0 Å². The van der Waals surface area contributed by atoms with Crippen LogP contribution in [0.25, 0.3) is 0 Å². The zero-order chi connectivity index (χ0) is 13.0. The van der Waals surface area contributed by atoms with Gasteiger partial charge in [-0.1, -0.05) is 35.7 Å². The Morgan fingerprint density at radius 3 is 2.59 bits per heavy atom. The molecule has 3 heteroatoms. The number of aliphatic hydroxyl groups is 1. The highest BCUT2D eigenvalue weighted by molar-refractivity contribution is 9.10. The molecular formula is C14H21BrO2. The molecule has 1 rings (SSSR count). The van der Waals surface area contributed by atoms with Crippen molar-refractivity contribution in [3.8, 4) is 5.75 Å². The Labute approximate surface area is 112 Å². The van der Waals surface area contributed by atoms with Crippen LogP contribution in [0.1, 0.15) is 49.0 Å². The van der Waals surface area contributed by atoms with Crippen LogP contribution >= 0.6 is 15.9 Å². The average molecular weight is 301 g/mol. The Hall–Kier alpha value is -0.540. The summed E-state index contributed by atoms with van der Waals surface area (Å²) >= 11 is 3.53. The summed E-state index contributed by atoms with van der Waals surface area (Å²) in [4.78, 5) is 0. The van der Waals surface area contributed by atoms with Gasteiger partial charge in [0.05, 0.1) is 13.2 Å². The summed E-state index contributed by atoms with van der Waals surface area (Å²) in [5.74, 6) is 0.814. The van der Waals surface area contributed by atoms with E-state index in [0.29, 0.717) is 0 Å². The molecule has 2 nitrogen and oxygen atoms in total. The lowest BCUT2D eigenvalue weighted by Crippen LogP contribution is -2.05. The van der Waals surface area contributed by atoms with E-state index in [4.69, 9.17) is 4.74 Å². The normalized spacial score (nSPS) is 12.6. The SMILES string of the molecule is CCCCC(O)c1c(C)c(Br)cc(C)c1OC. The van der Waals surface area contributed by atoms with Gasteiger partial charge in [0.2, 0.25) is 0 Å². The molecule has 1 N–H and O–H groups in total. The van der Waals surface area contributed by atoms with Crippen molar-refractivity contribution in [2.45, 2.75) is 46.1 Å². The number of unbranched alkanes of at least 4 members (excludes halogenated alkanes) is 1. The predicted molar refractivity (Wildman–Crippen MR) is 74.7 cm³/mol. The second-order valence-corrected chi connectivity index (χ2v) is 5.26. The van der Waals surface area contributed by atoms with Crippen molar-refractivity contribution in [1.82, 2.24) is 0 Å². The van der Waals surface area contributed by atoms with Gasteiger partial charge in [0.15, 0.2) is 0 Å². The lowest BCUT2D eigenvalue weighted by atomic mass is 9.96. The third-order valence-electron chi connectivity index (χ3n) is 3.08. The number of hydrogen-bond donors (Lipinski definition) is 1. The van der Waals surface area contributed by atoms with Crippen LogP contribution in [-0.4, -0.2) is 12.2 Å². The second-order valence-electron chi connectivity index (χ2n) is 4.41. The Bertz CT molecular complexity index is 388. The first-order chi connectivity index (χ1) is 8.02. The van der Waals surface area contributed by atoms with Gasteiger partial charge < -0.3 is 9.84 Å². The number of aliphatic hydroxyl groups excluding tert-OH is 1. The largest absolute Gasteiger partial charge is 0.496 e. The van der Waals surface area contributed by atoms with Crippen LogP contribution in [0.5, 0.6) is 5.75 Å². The number of hydrogen-bond acceptors (Lipinski definition) is 2. The second kappa shape index (κ2) is 6.41. The molecule has 17 heavy (non-hydrogen) atoms. The van der Waals surface area contributed by atoms with E-state index >= 15 is 0 Å². The number of aryl methyl sites for hydroxylation is 1. The zero-order valence-corrected chi connectivity index (χ0v) is 12.6. The molecule has 0 aliphatic carbocycles. The molecule has 96 valence electrons. The van der Waals surface area contributed by atoms with Crippen LogP contribution in [0.15, 0.2) is 10.5 Å². The molecule has 0 saturated heterocycles. The Morgan fingerprint density at radius 2 is 2.06 bits per heavy atom. The molecule has 0 aromatic heterocycles. The molecule has 0 amide bonds. The molecule has 0 saturated carbocycles. The fraction of sp³-hybridized carbons (Fsp3) is 0.571.